The molecule has 0 saturated heterocycles. The molecule has 0 saturated carbocycles. The summed E-state index contributed by atoms with van der Waals surface area (Å²) in [5, 5.41) is 14.3. The van der Waals surface area contributed by atoms with Crippen molar-refractivity contribution in [2.45, 2.75) is 0 Å². The van der Waals surface area contributed by atoms with Gasteiger partial charge in [-0.2, -0.15) is 0 Å². The number of nitro benzene ring substituents is 1. The Morgan fingerprint density at radius 3 is 2.42 bits per heavy atom. The Morgan fingerprint density at radius 1 is 0.935 bits per heavy atom. The van der Waals surface area contributed by atoms with Gasteiger partial charge in [-0.1, -0.05) is 18.2 Å². The zero-order chi connectivity index (χ0) is 21.6. The first-order valence-electron chi connectivity index (χ1n) is 9.38. The molecule has 154 valence electrons. The molecule has 4 rings (SSSR count). The van der Waals surface area contributed by atoms with E-state index in [9.17, 15) is 14.9 Å². The summed E-state index contributed by atoms with van der Waals surface area (Å²) in [7, 11) is 0. The number of rotatable bonds is 7. The highest BCUT2D eigenvalue weighted by Gasteiger charge is 2.16. The van der Waals surface area contributed by atoms with E-state index in [1.165, 1.54) is 18.3 Å². The van der Waals surface area contributed by atoms with Gasteiger partial charge in [-0.15, -0.1) is 0 Å². The minimum absolute atomic E-state index is 0.0716. The Bertz CT molecular complexity index is 1230. The molecule has 4 aromatic rings. The van der Waals surface area contributed by atoms with Crippen molar-refractivity contribution in [3.05, 3.63) is 95.2 Å². The number of ether oxygens (including phenoxy) is 2. The Morgan fingerprint density at radius 2 is 1.68 bits per heavy atom. The molecule has 0 radical (unpaired) electrons. The van der Waals surface area contributed by atoms with E-state index in [1.807, 2.05) is 30.3 Å². The minimum atomic E-state index is -0.480. The standard InChI is InChI=1S/C23H17N3O5/c27-22(25-16-8-10-18(11-9-16)31-17-5-2-1-3-6-17)15-30-21-13-12-20(26(28)29)19-7-4-14-24-23(19)21/h1-14H,15H2,(H,25,27). The number of anilines is 1. The summed E-state index contributed by atoms with van der Waals surface area (Å²) >= 11 is 0. The number of carbonyl (C=O) groups is 1. The second-order valence-corrected chi connectivity index (χ2v) is 6.52. The number of nitro groups is 1. The largest absolute Gasteiger partial charge is 0.481 e. The monoisotopic (exact) mass is 415 g/mol. The number of carbonyl (C=O) groups excluding carboxylic acids is 1. The van der Waals surface area contributed by atoms with E-state index in [2.05, 4.69) is 10.3 Å². The smallest absolute Gasteiger partial charge is 0.279 e. The van der Waals surface area contributed by atoms with E-state index < -0.39 is 4.92 Å². The maximum Gasteiger partial charge on any atom is 0.279 e. The van der Waals surface area contributed by atoms with Crippen molar-refractivity contribution in [2.75, 3.05) is 11.9 Å². The summed E-state index contributed by atoms with van der Waals surface area (Å²) in [5.41, 5.74) is 0.838. The van der Waals surface area contributed by atoms with Gasteiger partial charge in [-0.25, -0.2) is 0 Å². The van der Waals surface area contributed by atoms with E-state index in [4.69, 9.17) is 9.47 Å². The van der Waals surface area contributed by atoms with Crippen LogP contribution in [-0.2, 0) is 4.79 Å². The Labute approximate surface area is 177 Å². The van der Waals surface area contributed by atoms with E-state index >= 15 is 0 Å². The molecule has 3 aromatic carbocycles. The van der Waals surface area contributed by atoms with Gasteiger partial charge in [0.25, 0.3) is 11.6 Å². The number of para-hydroxylation sites is 1. The lowest BCUT2D eigenvalue weighted by molar-refractivity contribution is -0.383. The van der Waals surface area contributed by atoms with Crippen LogP contribution in [0.4, 0.5) is 11.4 Å². The quantitative estimate of drug-likeness (QED) is 0.338. The maximum absolute atomic E-state index is 12.3. The molecule has 0 aliphatic rings. The molecule has 1 aromatic heterocycles. The molecule has 1 amide bonds. The van der Waals surface area contributed by atoms with Gasteiger partial charge in [0.05, 0.1) is 10.3 Å². The van der Waals surface area contributed by atoms with Crippen LogP contribution in [0.15, 0.2) is 85.1 Å². The van der Waals surface area contributed by atoms with Gasteiger partial charge < -0.3 is 14.8 Å². The highest BCUT2D eigenvalue weighted by Crippen LogP contribution is 2.31. The van der Waals surface area contributed by atoms with Gasteiger partial charge in [0.2, 0.25) is 0 Å². The number of nitrogens with zero attached hydrogens (tertiary/aromatic N) is 2. The molecule has 1 heterocycles. The number of nitrogens with one attached hydrogen (secondary N) is 1. The van der Waals surface area contributed by atoms with Crippen LogP contribution >= 0.6 is 0 Å². The van der Waals surface area contributed by atoms with Crippen molar-refractivity contribution in [3.63, 3.8) is 0 Å². The summed E-state index contributed by atoms with van der Waals surface area (Å²) in [6, 6.07) is 22.3. The Hall–Kier alpha value is -4.46. The van der Waals surface area contributed by atoms with Crippen LogP contribution in [0.5, 0.6) is 17.2 Å². The lowest BCUT2D eigenvalue weighted by Gasteiger charge is -2.10. The van der Waals surface area contributed by atoms with Gasteiger partial charge in [0.15, 0.2) is 6.61 Å². The van der Waals surface area contributed by atoms with Crippen molar-refractivity contribution in [1.29, 1.82) is 0 Å². The van der Waals surface area contributed by atoms with Crippen molar-refractivity contribution >= 4 is 28.2 Å². The predicted octanol–water partition coefficient (Wildman–Crippen LogP) is 4.95. The van der Waals surface area contributed by atoms with Crippen LogP contribution in [-0.4, -0.2) is 22.4 Å². The first-order valence-corrected chi connectivity index (χ1v) is 9.38. The van der Waals surface area contributed by atoms with Crippen LogP contribution in [0.3, 0.4) is 0 Å². The SMILES string of the molecule is O=C(COc1ccc([N+](=O)[O-])c2cccnc12)Nc1ccc(Oc2ccccc2)cc1. The van der Waals surface area contributed by atoms with Crippen LogP contribution < -0.4 is 14.8 Å². The molecule has 1 N–H and O–H groups in total. The fraction of sp³-hybridized carbons (Fsp3) is 0.0435. The molecule has 0 atom stereocenters. The normalized spacial score (nSPS) is 10.5. The number of non-ortho nitro benzene ring substituents is 1. The fourth-order valence-electron chi connectivity index (χ4n) is 2.98. The first-order chi connectivity index (χ1) is 15.1. The Kier molecular flexibility index (Phi) is 5.70. The number of aromatic nitrogens is 1. The third-order valence-electron chi connectivity index (χ3n) is 4.38. The maximum atomic E-state index is 12.3. The number of fused-ring (bicyclic) bond motifs is 1. The summed E-state index contributed by atoms with van der Waals surface area (Å²) in [5.74, 6) is 1.28. The first kappa shape index (κ1) is 19.8. The zero-order valence-electron chi connectivity index (χ0n) is 16.2. The van der Waals surface area contributed by atoms with Crippen LogP contribution in [0.1, 0.15) is 0 Å². The summed E-state index contributed by atoms with van der Waals surface area (Å²) in [6.07, 6.45) is 1.51. The Balaban J connectivity index is 1.38. The molecule has 0 aliphatic heterocycles. The van der Waals surface area contributed by atoms with E-state index in [0.29, 0.717) is 28.1 Å². The van der Waals surface area contributed by atoms with Gasteiger partial charge >= 0.3 is 0 Å². The lowest BCUT2D eigenvalue weighted by atomic mass is 10.1. The molecule has 31 heavy (non-hydrogen) atoms. The molecule has 0 bridgehead atoms. The molecular formula is C23H17N3O5. The van der Waals surface area contributed by atoms with Gasteiger partial charge in [0, 0.05) is 18.0 Å². The molecule has 0 unspecified atom stereocenters. The molecule has 0 fully saturated rings. The number of pyridine rings is 1. The van der Waals surface area contributed by atoms with Gasteiger partial charge in [0.1, 0.15) is 22.8 Å². The third-order valence-corrected chi connectivity index (χ3v) is 4.38. The van der Waals surface area contributed by atoms with Crippen LogP contribution in [0, 0.1) is 10.1 Å². The topological polar surface area (TPSA) is 104 Å². The van der Waals surface area contributed by atoms with Crippen LogP contribution in [0.2, 0.25) is 0 Å². The minimum Gasteiger partial charge on any atom is -0.481 e. The summed E-state index contributed by atoms with van der Waals surface area (Å²) in [4.78, 5) is 27.1. The molecule has 8 nitrogen and oxygen atoms in total. The number of benzene rings is 3. The van der Waals surface area contributed by atoms with Gasteiger partial charge in [-0.05, 0) is 54.6 Å². The number of amides is 1. The average Bonchev–Trinajstić information content (AvgIpc) is 2.79. The van der Waals surface area contributed by atoms with Gasteiger partial charge in [-0.3, -0.25) is 19.9 Å². The highest BCUT2D eigenvalue weighted by molar-refractivity contribution is 5.94. The third kappa shape index (κ3) is 4.76. The summed E-state index contributed by atoms with van der Waals surface area (Å²) < 4.78 is 11.3. The van der Waals surface area contributed by atoms with E-state index in [-0.39, 0.29) is 18.2 Å². The second kappa shape index (κ2) is 8.91. The van der Waals surface area contributed by atoms with Crippen molar-refractivity contribution in [2.24, 2.45) is 0 Å². The molecular weight excluding hydrogens is 398 g/mol. The number of hydrogen-bond acceptors (Lipinski definition) is 6. The van der Waals surface area contributed by atoms with E-state index in [1.54, 1.807) is 36.4 Å². The lowest BCUT2D eigenvalue weighted by Crippen LogP contribution is -2.20. The highest BCUT2D eigenvalue weighted by atomic mass is 16.6. The summed E-state index contributed by atoms with van der Waals surface area (Å²) in [6.45, 7) is -0.272. The number of hydrogen-bond donors (Lipinski definition) is 1. The zero-order valence-corrected chi connectivity index (χ0v) is 16.2. The van der Waals surface area contributed by atoms with Crippen molar-refractivity contribution in [1.82, 2.24) is 4.98 Å². The average molecular weight is 415 g/mol. The predicted molar refractivity (Wildman–Crippen MR) is 115 cm³/mol. The van der Waals surface area contributed by atoms with Crippen molar-refractivity contribution in [3.8, 4) is 17.2 Å². The molecule has 8 heteroatoms. The molecule has 0 aliphatic carbocycles. The van der Waals surface area contributed by atoms with Crippen molar-refractivity contribution < 1.29 is 19.2 Å². The van der Waals surface area contributed by atoms with E-state index in [0.717, 1.165) is 5.75 Å². The fourth-order valence-corrected chi connectivity index (χ4v) is 2.98. The second-order valence-electron chi connectivity index (χ2n) is 6.52. The molecule has 0 spiro atoms. The van der Waals surface area contributed by atoms with Crippen LogP contribution in [0.25, 0.3) is 10.9 Å².